The summed E-state index contributed by atoms with van der Waals surface area (Å²) in [6.07, 6.45) is 20.2. The highest BCUT2D eigenvalue weighted by Gasteiger charge is 1.96. The first kappa shape index (κ1) is 22.0. The SMILES string of the molecule is CCCCCCCCCCCCCCCCSSc1ccccc1. The van der Waals surface area contributed by atoms with Crippen molar-refractivity contribution in [3.05, 3.63) is 30.3 Å². The molecule has 0 saturated heterocycles. The maximum Gasteiger partial charge on any atom is 0.0182 e. The lowest BCUT2D eigenvalue weighted by atomic mass is 10.0. The van der Waals surface area contributed by atoms with E-state index in [4.69, 9.17) is 0 Å². The first-order chi connectivity index (χ1) is 11.9. The van der Waals surface area contributed by atoms with Gasteiger partial charge in [0.2, 0.25) is 0 Å². The van der Waals surface area contributed by atoms with E-state index in [9.17, 15) is 0 Å². The van der Waals surface area contributed by atoms with E-state index in [1.807, 2.05) is 21.6 Å². The standard InChI is InChI=1S/C22H38S2/c1-2-3-4-5-6-7-8-9-10-11-12-13-14-18-21-23-24-22-19-16-15-17-20-22/h15-17,19-20H,2-14,18,21H2,1H3. The Hall–Kier alpha value is -0.0800. The van der Waals surface area contributed by atoms with Crippen molar-refractivity contribution in [2.75, 3.05) is 5.75 Å². The Bertz CT molecular complexity index is 350. The van der Waals surface area contributed by atoms with E-state index in [-0.39, 0.29) is 0 Å². The van der Waals surface area contributed by atoms with E-state index < -0.39 is 0 Å². The van der Waals surface area contributed by atoms with Gasteiger partial charge in [-0.2, -0.15) is 0 Å². The van der Waals surface area contributed by atoms with Gasteiger partial charge in [-0.3, -0.25) is 0 Å². The number of rotatable bonds is 17. The molecule has 0 saturated carbocycles. The molecule has 1 aromatic rings. The van der Waals surface area contributed by atoms with Crippen LogP contribution >= 0.6 is 21.6 Å². The number of hydrogen-bond donors (Lipinski definition) is 0. The van der Waals surface area contributed by atoms with Gasteiger partial charge in [-0.05, 0) is 18.6 Å². The van der Waals surface area contributed by atoms with E-state index in [1.54, 1.807) is 0 Å². The molecule has 0 bridgehead atoms. The molecule has 0 aliphatic heterocycles. The summed E-state index contributed by atoms with van der Waals surface area (Å²) in [5.41, 5.74) is 0. The first-order valence-corrected chi connectivity index (χ1v) is 12.6. The van der Waals surface area contributed by atoms with Gasteiger partial charge in [0.15, 0.2) is 0 Å². The summed E-state index contributed by atoms with van der Waals surface area (Å²) in [5, 5.41) is 0. The fraction of sp³-hybridized carbons (Fsp3) is 0.727. The maximum absolute atomic E-state index is 2.29. The normalized spacial score (nSPS) is 11.0. The van der Waals surface area contributed by atoms with Crippen molar-refractivity contribution in [3.8, 4) is 0 Å². The van der Waals surface area contributed by atoms with Crippen LogP contribution in [0.15, 0.2) is 35.2 Å². The minimum absolute atomic E-state index is 1.29. The highest BCUT2D eigenvalue weighted by atomic mass is 33.1. The summed E-state index contributed by atoms with van der Waals surface area (Å²) in [5.74, 6) is 1.29. The molecule has 0 fully saturated rings. The molecule has 1 aromatic carbocycles. The van der Waals surface area contributed by atoms with Gasteiger partial charge < -0.3 is 0 Å². The van der Waals surface area contributed by atoms with Crippen LogP contribution in [0.4, 0.5) is 0 Å². The Morgan fingerprint density at radius 3 is 1.54 bits per heavy atom. The lowest BCUT2D eigenvalue weighted by Gasteiger charge is -2.03. The van der Waals surface area contributed by atoms with Crippen LogP contribution in [0.25, 0.3) is 0 Å². The molecule has 0 unspecified atom stereocenters. The largest absolute Gasteiger partial charge is 0.0889 e. The van der Waals surface area contributed by atoms with Gasteiger partial charge in [-0.1, -0.05) is 130 Å². The monoisotopic (exact) mass is 366 g/mol. The van der Waals surface area contributed by atoms with Crippen LogP contribution in [0.2, 0.25) is 0 Å². The average Bonchev–Trinajstić information content (AvgIpc) is 2.62. The molecule has 0 heterocycles. The van der Waals surface area contributed by atoms with E-state index in [0.29, 0.717) is 0 Å². The number of unbranched alkanes of at least 4 members (excludes halogenated alkanes) is 13. The Kier molecular flexibility index (Phi) is 16.2. The molecule has 0 radical (unpaired) electrons. The average molecular weight is 367 g/mol. The highest BCUT2D eigenvalue weighted by Crippen LogP contribution is 2.31. The minimum Gasteiger partial charge on any atom is -0.0889 e. The van der Waals surface area contributed by atoms with E-state index in [1.165, 1.54) is 101 Å². The highest BCUT2D eigenvalue weighted by molar-refractivity contribution is 8.76. The van der Waals surface area contributed by atoms with Gasteiger partial charge >= 0.3 is 0 Å². The van der Waals surface area contributed by atoms with Gasteiger partial charge in [0, 0.05) is 10.6 Å². The molecule has 0 amide bonds. The first-order valence-electron chi connectivity index (χ1n) is 10.3. The fourth-order valence-corrected chi connectivity index (χ4v) is 5.10. The Labute approximate surface area is 159 Å². The van der Waals surface area contributed by atoms with Crippen LogP contribution in [-0.2, 0) is 0 Å². The summed E-state index contributed by atoms with van der Waals surface area (Å²) in [6, 6.07) is 10.7. The molecule has 0 atom stereocenters. The lowest BCUT2D eigenvalue weighted by molar-refractivity contribution is 0.538. The van der Waals surface area contributed by atoms with E-state index in [0.717, 1.165) is 0 Å². The topological polar surface area (TPSA) is 0 Å². The van der Waals surface area contributed by atoms with Crippen molar-refractivity contribution < 1.29 is 0 Å². The van der Waals surface area contributed by atoms with Crippen LogP contribution in [0.3, 0.4) is 0 Å². The Balaban J connectivity index is 1.70. The van der Waals surface area contributed by atoms with Gasteiger partial charge in [-0.25, -0.2) is 0 Å². The molecule has 0 aliphatic carbocycles. The molecule has 1 rings (SSSR count). The van der Waals surface area contributed by atoms with Gasteiger partial charge in [0.05, 0.1) is 0 Å². The lowest BCUT2D eigenvalue weighted by Crippen LogP contribution is -1.84. The molecule has 0 nitrogen and oxygen atoms in total. The molecule has 0 N–H and O–H groups in total. The third-order valence-electron chi connectivity index (χ3n) is 4.48. The summed E-state index contributed by atoms with van der Waals surface area (Å²) in [4.78, 5) is 1.38. The second kappa shape index (κ2) is 17.7. The molecule has 2 heteroatoms. The molecule has 0 aromatic heterocycles. The third kappa shape index (κ3) is 14.3. The van der Waals surface area contributed by atoms with Crippen LogP contribution in [0.1, 0.15) is 96.8 Å². The van der Waals surface area contributed by atoms with Crippen molar-refractivity contribution in [1.29, 1.82) is 0 Å². The van der Waals surface area contributed by atoms with Crippen LogP contribution in [0.5, 0.6) is 0 Å². The Morgan fingerprint density at radius 1 is 0.583 bits per heavy atom. The van der Waals surface area contributed by atoms with Gasteiger partial charge in [0.25, 0.3) is 0 Å². The van der Waals surface area contributed by atoms with E-state index in [2.05, 4.69) is 37.3 Å². The van der Waals surface area contributed by atoms with Crippen molar-refractivity contribution in [2.45, 2.75) is 102 Å². The van der Waals surface area contributed by atoms with Gasteiger partial charge in [0.1, 0.15) is 0 Å². The number of hydrogen-bond acceptors (Lipinski definition) is 2. The molecule has 0 aliphatic rings. The summed E-state index contributed by atoms with van der Waals surface area (Å²) in [6.45, 7) is 2.29. The van der Waals surface area contributed by atoms with Crippen LogP contribution in [-0.4, -0.2) is 5.75 Å². The molecular formula is C22H38S2. The predicted octanol–water partition coefficient (Wildman–Crippen LogP) is 8.91. The zero-order valence-electron chi connectivity index (χ0n) is 15.8. The fourth-order valence-electron chi connectivity index (χ4n) is 2.94. The van der Waals surface area contributed by atoms with Crippen molar-refractivity contribution in [1.82, 2.24) is 0 Å². The summed E-state index contributed by atoms with van der Waals surface area (Å²) < 4.78 is 0. The van der Waals surface area contributed by atoms with Crippen LogP contribution in [0, 0.1) is 0 Å². The van der Waals surface area contributed by atoms with Crippen molar-refractivity contribution >= 4 is 21.6 Å². The summed E-state index contributed by atoms with van der Waals surface area (Å²) >= 11 is 0. The maximum atomic E-state index is 2.29. The third-order valence-corrected chi connectivity index (χ3v) is 6.95. The van der Waals surface area contributed by atoms with Crippen LogP contribution < -0.4 is 0 Å². The smallest absolute Gasteiger partial charge is 0.0182 e. The number of benzene rings is 1. The quantitative estimate of drug-likeness (QED) is 0.199. The predicted molar refractivity (Wildman–Crippen MR) is 115 cm³/mol. The second-order valence-corrected chi connectivity index (χ2v) is 9.30. The summed E-state index contributed by atoms with van der Waals surface area (Å²) in [7, 11) is 3.93. The molecule has 138 valence electrons. The minimum atomic E-state index is 1.29. The van der Waals surface area contributed by atoms with E-state index >= 15 is 0 Å². The Morgan fingerprint density at radius 2 is 1.04 bits per heavy atom. The van der Waals surface area contributed by atoms with Gasteiger partial charge in [-0.15, -0.1) is 0 Å². The second-order valence-electron chi connectivity index (χ2n) is 6.81. The zero-order valence-corrected chi connectivity index (χ0v) is 17.4. The van der Waals surface area contributed by atoms with Crippen molar-refractivity contribution in [2.24, 2.45) is 0 Å². The molecular weight excluding hydrogens is 328 g/mol. The van der Waals surface area contributed by atoms with Crippen molar-refractivity contribution in [3.63, 3.8) is 0 Å². The molecule has 24 heavy (non-hydrogen) atoms. The zero-order chi connectivity index (χ0) is 17.1. The molecule has 0 spiro atoms.